The maximum Gasteiger partial charge on any atom is 0.394 e. The summed E-state index contributed by atoms with van der Waals surface area (Å²) in [5.41, 5.74) is -0.0242. The van der Waals surface area contributed by atoms with Crippen LogP contribution in [0.2, 0.25) is 0 Å². The Morgan fingerprint density at radius 3 is 2.30 bits per heavy atom. The molecule has 0 saturated carbocycles. The average Bonchev–Trinajstić information content (AvgIpc) is 3.23. The van der Waals surface area contributed by atoms with Crippen LogP contribution in [0.1, 0.15) is 23.3 Å². The highest BCUT2D eigenvalue weighted by Crippen LogP contribution is 2.38. The molecule has 0 bridgehead atoms. The quantitative estimate of drug-likeness (QED) is 0.791. The summed E-state index contributed by atoms with van der Waals surface area (Å²) in [7, 11) is 0. The first kappa shape index (κ1) is 23.2. The number of carbonyl (C=O) groups is 2. The minimum Gasteiger partial charge on any atom is -0.481 e. The third-order valence-corrected chi connectivity index (χ3v) is 4.60. The lowest BCUT2D eigenvalue weighted by Crippen LogP contribution is -2.34. The molecule has 3 rings (SSSR count). The Balaban J connectivity index is 0.00000182. The summed E-state index contributed by atoms with van der Waals surface area (Å²) in [6.45, 7) is 0.362. The Morgan fingerprint density at radius 1 is 1.15 bits per heavy atom. The number of hydrogen-bond donors (Lipinski definition) is 1. The van der Waals surface area contributed by atoms with Crippen molar-refractivity contribution in [1.82, 2.24) is 14.9 Å². The lowest BCUT2D eigenvalue weighted by Gasteiger charge is -2.19. The zero-order valence-corrected chi connectivity index (χ0v) is 15.7. The fourth-order valence-corrected chi connectivity index (χ4v) is 3.25. The molecule has 0 aliphatic carbocycles. The Hall–Kier alpha value is -1.81. The van der Waals surface area contributed by atoms with Crippen LogP contribution in [0.4, 0.5) is 19.1 Å². The van der Waals surface area contributed by atoms with Gasteiger partial charge in [-0.1, -0.05) is 0 Å². The van der Waals surface area contributed by atoms with Crippen LogP contribution >= 0.6 is 24.8 Å². The van der Waals surface area contributed by atoms with E-state index in [1.165, 1.54) is 12.3 Å². The van der Waals surface area contributed by atoms with E-state index in [2.05, 4.69) is 9.97 Å². The van der Waals surface area contributed by atoms with Gasteiger partial charge in [-0.15, -0.1) is 24.8 Å². The van der Waals surface area contributed by atoms with Crippen molar-refractivity contribution in [2.24, 2.45) is 11.8 Å². The molecule has 12 heteroatoms. The Labute approximate surface area is 165 Å². The van der Waals surface area contributed by atoms with E-state index in [1.807, 2.05) is 4.90 Å². The number of aliphatic carboxylic acids is 1. The number of likely N-dealkylation sites (tertiary alicyclic amines) is 1. The molecule has 3 heterocycles. The van der Waals surface area contributed by atoms with Crippen LogP contribution in [0.25, 0.3) is 0 Å². The highest BCUT2D eigenvalue weighted by Gasteiger charge is 2.53. The number of aromatic nitrogens is 2. The van der Waals surface area contributed by atoms with E-state index < -0.39 is 43.0 Å². The molecular weight excluding hydrogens is 412 g/mol. The summed E-state index contributed by atoms with van der Waals surface area (Å²) in [4.78, 5) is 34.7. The highest BCUT2D eigenvalue weighted by molar-refractivity contribution is 5.93. The smallest absolute Gasteiger partial charge is 0.394 e. The summed E-state index contributed by atoms with van der Waals surface area (Å²) < 4.78 is 39.1. The lowest BCUT2D eigenvalue weighted by atomic mass is 9.96. The topological polar surface area (TPSA) is 86.6 Å². The van der Waals surface area contributed by atoms with Gasteiger partial charge in [-0.05, 0) is 18.9 Å². The van der Waals surface area contributed by atoms with Gasteiger partial charge in [0.25, 0.3) is 5.91 Å². The number of amides is 1. The standard InChI is InChI=1S/C15H17F3N4O3.2ClH/c16-15(17,18)10-8-22(7-9(10)13(24)25)12(23)11-3-4-19-14(20-11)21-5-1-2-6-21;;/h3-4,9-10H,1-2,5-8H2,(H,24,25);2*1H/t9-,10-;;/m1../s1. The highest BCUT2D eigenvalue weighted by atomic mass is 35.5. The first-order valence-electron chi connectivity index (χ1n) is 7.94. The van der Waals surface area contributed by atoms with E-state index in [4.69, 9.17) is 5.11 Å². The van der Waals surface area contributed by atoms with Gasteiger partial charge in [-0.2, -0.15) is 13.2 Å². The van der Waals surface area contributed by atoms with E-state index in [0.29, 0.717) is 5.95 Å². The van der Waals surface area contributed by atoms with Crippen LogP contribution in [0.5, 0.6) is 0 Å². The van der Waals surface area contributed by atoms with Gasteiger partial charge in [0.15, 0.2) is 0 Å². The van der Waals surface area contributed by atoms with Crippen LogP contribution in [-0.4, -0.2) is 64.2 Å². The van der Waals surface area contributed by atoms with Crippen molar-refractivity contribution < 1.29 is 27.9 Å². The zero-order valence-electron chi connectivity index (χ0n) is 14.1. The van der Waals surface area contributed by atoms with Gasteiger partial charge in [-0.3, -0.25) is 9.59 Å². The van der Waals surface area contributed by atoms with Gasteiger partial charge >= 0.3 is 12.1 Å². The van der Waals surface area contributed by atoms with Gasteiger partial charge in [0.1, 0.15) is 5.69 Å². The van der Waals surface area contributed by atoms with Crippen LogP contribution in [0.15, 0.2) is 12.3 Å². The van der Waals surface area contributed by atoms with E-state index in [1.54, 1.807) is 0 Å². The van der Waals surface area contributed by atoms with E-state index in [9.17, 15) is 22.8 Å². The molecule has 2 aliphatic heterocycles. The third-order valence-electron chi connectivity index (χ3n) is 4.60. The largest absolute Gasteiger partial charge is 0.481 e. The maximum absolute atomic E-state index is 13.0. The monoisotopic (exact) mass is 430 g/mol. The van der Waals surface area contributed by atoms with Crippen LogP contribution < -0.4 is 4.90 Å². The normalized spacial score (nSPS) is 22.2. The molecule has 0 unspecified atom stereocenters. The Morgan fingerprint density at radius 2 is 1.78 bits per heavy atom. The zero-order chi connectivity index (χ0) is 18.2. The van der Waals surface area contributed by atoms with Crippen molar-refractivity contribution in [3.8, 4) is 0 Å². The molecule has 27 heavy (non-hydrogen) atoms. The molecule has 2 saturated heterocycles. The van der Waals surface area contributed by atoms with Crippen molar-refractivity contribution in [1.29, 1.82) is 0 Å². The number of rotatable bonds is 3. The van der Waals surface area contributed by atoms with E-state index >= 15 is 0 Å². The molecule has 2 aliphatic rings. The Bertz CT molecular complexity index is 687. The number of anilines is 1. The van der Waals surface area contributed by atoms with Crippen LogP contribution in [0, 0.1) is 11.8 Å². The van der Waals surface area contributed by atoms with E-state index in [-0.39, 0.29) is 30.5 Å². The molecule has 0 radical (unpaired) electrons. The van der Waals surface area contributed by atoms with Gasteiger partial charge in [-0.25, -0.2) is 9.97 Å². The van der Waals surface area contributed by atoms with Gasteiger partial charge in [0.2, 0.25) is 5.95 Å². The van der Waals surface area contributed by atoms with Crippen LogP contribution in [-0.2, 0) is 4.79 Å². The number of alkyl halides is 3. The molecule has 7 nitrogen and oxygen atoms in total. The number of carboxylic acids is 1. The maximum atomic E-state index is 13.0. The second-order valence-corrected chi connectivity index (χ2v) is 6.24. The number of carboxylic acid groups (broad SMARTS) is 1. The van der Waals surface area contributed by atoms with Crippen LogP contribution in [0.3, 0.4) is 0 Å². The average molecular weight is 431 g/mol. The second-order valence-electron chi connectivity index (χ2n) is 6.24. The lowest BCUT2D eigenvalue weighted by molar-refractivity contribution is -0.187. The first-order chi connectivity index (χ1) is 11.8. The number of nitrogens with zero attached hydrogens (tertiary/aromatic N) is 4. The predicted octanol–water partition coefficient (Wildman–Crippen LogP) is 2.26. The summed E-state index contributed by atoms with van der Waals surface area (Å²) in [5, 5.41) is 9.03. The molecule has 2 fully saturated rings. The van der Waals surface area contributed by atoms with Crippen molar-refractivity contribution in [2.45, 2.75) is 19.0 Å². The first-order valence-corrected chi connectivity index (χ1v) is 7.94. The molecule has 2 atom stereocenters. The summed E-state index contributed by atoms with van der Waals surface area (Å²) >= 11 is 0. The van der Waals surface area contributed by atoms with Crippen molar-refractivity contribution in [3.63, 3.8) is 0 Å². The number of hydrogen-bond acceptors (Lipinski definition) is 5. The molecule has 1 N–H and O–H groups in total. The SMILES string of the molecule is Cl.Cl.O=C(O)[C@@H]1CN(C(=O)c2ccnc(N3CCCC3)n2)C[C@H]1C(F)(F)F. The van der Waals surface area contributed by atoms with Crippen molar-refractivity contribution in [2.75, 3.05) is 31.1 Å². The predicted molar refractivity (Wildman–Crippen MR) is 94.5 cm³/mol. The molecule has 0 aromatic carbocycles. The summed E-state index contributed by atoms with van der Waals surface area (Å²) in [5.74, 6) is -5.64. The number of halogens is 5. The Kier molecular flexibility index (Phi) is 7.67. The van der Waals surface area contributed by atoms with Crippen molar-refractivity contribution in [3.05, 3.63) is 18.0 Å². The van der Waals surface area contributed by atoms with Gasteiger partial charge < -0.3 is 14.9 Å². The molecular formula is C15H19Cl2F3N4O3. The van der Waals surface area contributed by atoms with E-state index in [0.717, 1.165) is 30.8 Å². The molecule has 1 aromatic rings. The molecule has 0 spiro atoms. The minimum atomic E-state index is -4.68. The summed E-state index contributed by atoms with van der Waals surface area (Å²) in [6, 6.07) is 1.33. The molecule has 1 amide bonds. The van der Waals surface area contributed by atoms with Crippen molar-refractivity contribution >= 4 is 42.6 Å². The third kappa shape index (κ3) is 4.92. The number of carbonyl (C=O) groups excluding carboxylic acids is 1. The van der Waals surface area contributed by atoms with Gasteiger partial charge in [0.05, 0.1) is 11.8 Å². The molecule has 152 valence electrons. The van der Waals surface area contributed by atoms with Gasteiger partial charge in [0, 0.05) is 32.4 Å². The second kappa shape index (κ2) is 8.92. The summed E-state index contributed by atoms with van der Waals surface area (Å²) in [6.07, 6.45) is -1.31. The minimum absolute atomic E-state index is 0. The molecule has 1 aromatic heterocycles. The fraction of sp³-hybridized carbons (Fsp3) is 0.600. The fourth-order valence-electron chi connectivity index (χ4n) is 3.25.